The normalized spacial score (nSPS) is 10.4. The van der Waals surface area contributed by atoms with Crippen molar-refractivity contribution < 1.29 is 0 Å². The number of hydrogen-bond acceptors (Lipinski definition) is 0. The molecule has 0 nitrogen and oxygen atoms in total. The van der Waals surface area contributed by atoms with Gasteiger partial charge in [0, 0.05) is 3.57 Å². The molecule has 1 aromatic carbocycles. The predicted molar refractivity (Wildman–Crippen MR) is 67.1 cm³/mol. The summed E-state index contributed by atoms with van der Waals surface area (Å²) in [6.45, 7) is 4.49. The van der Waals surface area contributed by atoms with E-state index >= 15 is 0 Å². The van der Waals surface area contributed by atoms with Gasteiger partial charge >= 0.3 is 0 Å². The topological polar surface area (TPSA) is 0 Å². The van der Waals surface area contributed by atoms with Gasteiger partial charge in [-0.25, -0.2) is 0 Å². The molecular formula is C12H17I. The van der Waals surface area contributed by atoms with Gasteiger partial charge < -0.3 is 0 Å². The molecule has 13 heavy (non-hydrogen) atoms. The maximum atomic E-state index is 2.39. The minimum absolute atomic E-state index is 1.23. The van der Waals surface area contributed by atoms with Gasteiger partial charge in [-0.15, -0.1) is 0 Å². The van der Waals surface area contributed by atoms with Gasteiger partial charge in [-0.2, -0.15) is 0 Å². The number of hydrogen-bond donors (Lipinski definition) is 0. The zero-order valence-corrected chi connectivity index (χ0v) is 10.6. The van der Waals surface area contributed by atoms with Gasteiger partial charge in [-0.3, -0.25) is 0 Å². The largest absolute Gasteiger partial charge is 0.0651 e. The monoisotopic (exact) mass is 288 g/mol. The van der Waals surface area contributed by atoms with Crippen LogP contribution >= 0.6 is 22.6 Å². The second kappa shape index (κ2) is 5.63. The lowest BCUT2D eigenvalue weighted by Gasteiger charge is -2.07. The van der Waals surface area contributed by atoms with Crippen molar-refractivity contribution in [3.05, 3.63) is 32.9 Å². The standard InChI is InChI=1S/C12H17I/c1-3-5-10-7-8-12(13)9-11(10)6-4-2/h7-9H,3-6H2,1-2H3. The average molecular weight is 288 g/mol. The van der Waals surface area contributed by atoms with Crippen molar-refractivity contribution in [1.29, 1.82) is 0 Å². The highest BCUT2D eigenvalue weighted by Gasteiger charge is 2.01. The second-order valence-corrected chi connectivity index (χ2v) is 4.66. The Bertz CT molecular complexity index is 266. The molecule has 0 aromatic heterocycles. The fraction of sp³-hybridized carbons (Fsp3) is 0.500. The molecule has 1 aromatic rings. The van der Waals surface area contributed by atoms with Gasteiger partial charge in [-0.05, 0) is 58.7 Å². The van der Waals surface area contributed by atoms with Crippen LogP contribution in [0, 0.1) is 3.57 Å². The Labute approximate surface area is 94.9 Å². The maximum absolute atomic E-state index is 2.39. The highest BCUT2D eigenvalue weighted by atomic mass is 127. The average Bonchev–Trinajstić information content (AvgIpc) is 2.10. The fourth-order valence-corrected chi connectivity index (χ4v) is 2.17. The predicted octanol–water partition coefficient (Wildman–Crippen LogP) is 4.20. The van der Waals surface area contributed by atoms with Crippen LogP contribution in [0.25, 0.3) is 0 Å². The van der Waals surface area contributed by atoms with Crippen molar-refractivity contribution in [2.45, 2.75) is 39.5 Å². The fourth-order valence-electron chi connectivity index (χ4n) is 1.61. The second-order valence-electron chi connectivity index (χ2n) is 3.41. The third kappa shape index (κ3) is 3.29. The molecule has 0 bridgehead atoms. The first-order valence-corrected chi connectivity index (χ1v) is 6.13. The van der Waals surface area contributed by atoms with Crippen LogP contribution in [0.1, 0.15) is 37.8 Å². The first-order chi connectivity index (χ1) is 6.27. The Balaban J connectivity index is 2.89. The molecular weight excluding hydrogens is 271 g/mol. The molecule has 0 heterocycles. The highest BCUT2D eigenvalue weighted by Crippen LogP contribution is 2.17. The number of rotatable bonds is 4. The minimum Gasteiger partial charge on any atom is -0.0651 e. The van der Waals surface area contributed by atoms with E-state index in [0.29, 0.717) is 0 Å². The van der Waals surface area contributed by atoms with Gasteiger partial charge in [0.2, 0.25) is 0 Å². The zero-order valence-electron chi connectivity index (χ0n) is 8.44. The molecule has 0 saturated carbocycles. The minimum atomic E-state index is 1.23. The van der Waals surface area contributed by atoms with E-state index in [1.54, 1.807) is 11.1 Å². The summed E-state index contributed by atoms with van der Waals surface area (Å²) in [5.74, 6) is 0. The van der Waals surface area contributed by atoms with Crippen LogP contribution in [0.4, 0.5) is 0 Å². The molecule has 0 N–H and O–H groups in total. The third-order valence-electron chi connectivity index (χ3n) is 2.21. The Morgan fingerprint density at radius 2 is 1.62 bits per heavy atom. The Kier molecular flexibility index (Phi) is 4.78. The Hall–Kier alpha value is -0.0500. The molecule has 1 heteroatoms. The molecule has 0 saturated heterocycles. The molecule has 1 rings (SSSR count). The van der Waals surface area contributed by atoms with Crippen molar-refractivity contribution in [3.8, 4) is 0 Å². The van der Waals surface area contributed by atoms with E-state index in [2.05, 4.69) is 54.6 Å². The molecule has 0 fully saturated rings. The van der Waals surface area contributed by atoms with Crippen LogP contribution in [-0.4, -0.2) is 0 Å². The summed E-state index contributed by atoms with van der Waals surface area (Å²) in [5.41, 5.74) is 3.10. The number of aryl methyl sites for hydroxylation is 2. The van der Waals surface area contributed by atoms with Crippen molar-refractivity contribution in [2.75, 3.05) is 0 Å². The lowest BCUT2D eigenvalue weighted by Crippen LogP contribution is -1.94. The van der Waals surface area contributed by atoms with Gasteiger partial charge in [0.25, 0.3) is 0 Å². The van der Waals surface area contributed by atoms with Crippen molar-refractivity contribution >= 4 is 22.6 Å². The van der Waals surface area contributed by atoms with Crippen LogP contribution < -0.4 is 0 Å². The summed E-state index contributed by atoms with van der Waals surface area (Å²) >= 11 is 2.39. The summed E-state index contributed by atoms with van der Waals surface area (Å²) in [4.78, 5) is 0. The van der Waals surface area contributed by atoms with Crippen molar-refractivity contribution in [1.82, 2.24) is 0 Å². The highest BCUT2D eigenvalue weighted by molar-refractivity contribution is 14.1. The molecule has 0 amide bonds. The smallest absolute Gasteiger partial charge is 0.0133 e. The molecule has 0 aliphatic heterocycles. The summed E-state index contributed by atoms with van der Waals surface area (Å²) in [6.07, 6.45) is 4.95. The van der Waals surface area contributed by atoms with Gasteiger partial charge in [-0.1, -0.05) is 32.8 Å². The van der Waals surface area contributed by atoms with Crippen LogP contribution in [0.15, 0.2) is 18.2 Å². The van der Waals surface area contributed by atoms with Crippen molar-refractivity contribution in [2.24, 2.45) is 0 Å². The Morgan fingerprint density at radius 3 is 2.23 bits per heavy atom. The number of halogens is 1. The van der Waals surface area contributed by atoms with E-state index < -0.39 is 0 Å². The molecule has 0 unspecified atom stereocenters. The molecule has 0 atom stereocenters. The van der Waals surface area contributed by atoms with E-state index in [1.165, 1.54) is 29.3 Å². The summed E-state index contributed by atoms with van der Waals surface area (Å²) in [5, 5.41) is 0. The summed E-state index contributed by atoms with van der Waals surface area (Å²) < 4.78 is 1.36. The molecule has 0 radical (unpaired) electrons. The van der Waals surface area contributed by atoms with E-state index in [0.717, 1.165) is 0 Å². The zero-order chi connectivity index (χ0) is 9.68. The van der Waals surface area contributed by atoms with E-state index in [4.69, 9.17) is 0 Å². The van der Waals surface area contributed by atoms with E-state index in [1.807, 2.05) is 0 Å². The lowest BCUT2D eigenvalue weighted by molar-refractivity contribution is 0.860. The molecule has 72 valence electrons. The van der Waals surface area contributed by atoms with Gasteiger partial charge in [0.15, 0.2) is 0 Å². The lowest BCUT2D eigenvalue weighted by atomic mass is 10.00. The van der Waals surface area contributed by atoms with Crippen LogP contribution in [-0.2, 0) is 12.8 Å². The van der Waals surface area contributed by atoms with Gasteiger partial charge in [0.05, 0.1) is 0 Å². The van der Waals surface area contributed by atoms with Crippen molar-refractivity contribution in [3.63, 3.8) is 0 Å². The maximum Gasteiger partial charge on any atom is 0.0133 e. The van der Waals surface area contributed by atoms with E-state index in [-0.39, 0.29) is 0 Å². The number of benzene rings is 1. The van der Waals surface area contributed by atoms with E-state index in [9.17, 15) is 0 Å². The van der Waals surface area contributed by atoms with Gasteiger partial charge in [0.1, 0.15) is 0 Å². The Morgan fingerprint density at radius 1 is 1.00 bits per heavy atom. The third-order valence-corrected chi connectivity index (χ3v) is 2.88. The van der Waals surface area contributed by atoms with Crippen LogP contribution in [0.3, 0.4) is 0 Å². The van der Waals surface area contributed by atoms with Crippen LogP contribution in [0.5, 0.6) is 0 Å². The molecule has 0 spiro atoms. The quantitative estimate of drug-likeness (QED) is 0.728. The summed E-state index contributed by atoms with van der Waals surface area (Å²) in [6, 6.07) is 6.83. The molecule has 0 aliphatic rings. The molecule has 0 aliphatic carbocycles. The SMILES string of the molecule is CCCc1ccc(I)cc1CCC. The summed E-state index contributed by atoms with van der Waals surface area (Å²) in [7, 11) is 0. The first-order valence-electron chi connectivity index (χ1n) is 5.05. The first kappa shape index (κ1) is 11.0. The van der Waals surface area contributed by atoms with Crippen LogP contribution in [0.2, 0.25) is 0 Å².